The third-order valence-corrected chi connectivity index (χ3v) is 2.79. The van der Waals surface area contributed by atoms with E-state index in [9.17, 15) is 14.9 Å². The summed E-state index contributed by atoms with van der Waals surface area (Å²) in [6.45, 7) is 1.99. The molecular weight excluding hydrogens is 208 g/mol. The van der Waals surface area contributed by atoms with Crippen LogP contribution in [-0.4, -0.2) is 10.8 Å². The Morgan fingerprint density at radius 1 is 1.50 bits per heavy atom. The minimum absolute atomic E-state index is 0.0237. The minimum atomic E-state index is -0.465. The van der Waals surface area contributed by atoms with Gasteiger partial charge in [-0.05, 0) is 12.0 Å². The fourth-order valence-electron chi connectivity index (χ4n) is 2.06. The van der Waals surface area contributed by atoms with Gasteiger partial charge in [-0.15, -0.1) is 0 Å². The quantitative estimate of drug-likeness (QED) is 0.628. The van der Waals surface area contributed by atoms with Crippen LogP contribution < -0.4 is 5.32 Å². The molecule has 84 valence electrons. The highest BCUT2D eigenvalue weighted by Crippen LogP contribution is 2.40. The molecule has 1 amide bonds. The number of rotatable bonds is 3. The normalized spacial score (nSPS) is 18.1. The van der Waals surface area contributed by atoms with Gasteiger partial charge >= 0.3 is 0 Å². The molecule has 0 aromatic heterocycles. The van der Waals surface area contributed by atoms with Gasteiger partial charge in [-0.3, -0.25) is 14.9 Å². The van der Waals surface area contributed by atoms with Crippen molar-refractivity contribution in [3.63, 3.8) is 0 Å². The number of nitrogens with one attached hydrogen (secondary N) is 1. The van der Waals surface area contributed by atoms with Crippen LogP contribution in [0.2, 0.25) is 0 Å². The predicted molar refractivity (Wildman–Crippen MR) is 59.4 cm³/mol. The Labute approximate surface area is 92.6 Å². The lowest BCUT2D eigenvalue weighted by Gasteiger charge is -2.05. The third-order valence-electron chi connectivity index (χ3n) is 2.79. The van der Waals surface area contributed by atoms with Gasteiger partial charge in [0, 0.05) is 6.07 Å². The number of carbonyl (C=O) groups is 1. The van der Waals surface area contributed by atoms with Crippen molar-refractivity contribution in [3.05, 3.63) is 33.9 Å². The molecule has 2 rings (SSSR count). The smallest absolute Gasteiger partial charge is 0.293 e. The molecule has 1 unspecified atom stereocenters. The Morgan fingerprint density at radius 2 is 2.25 bits per heavy atom. The first kappa shape index (κ1) is 10.6. The molecule has 1 aromatic carbocycles. The maximum Gasteiger partial charge on any atom is 0.293 e. The SMILES string of the molecule is CCCC1C(=O)Nc2c1cccc2[N+](=O)[O-]. The first-order valence-corrected chi connectivity index (χ1v) is 5.23. The molecule has 0 fully saturated rings. The lowest BCUT2D eigenvalue weighted by Crippen LogP contribution is -2.11. The number of nitro benzene ring substituents is 1. The number of para-hydroxylation sites is 1. The second-order valence-electron chi connectivity index (χ2n) is 3.83. The number of benzene rings is 1. The lowest BCUT2D eigenvalue weighted by atomic mass is 9.96. The average molecular weight is 220 g/mol. The molecule has 0 bridgehead atoms. The molecule has 1 aromatic rings. The summed E-state index contributed by atoms with van der Waals surface area (Å²) in [4.78, 5) is 22.0. The highest BCUT2D eigenvalue weighted by Gasteiger charge is 2.34. The van der Waals surface area contributed by atoms with Crippen LogP contribution in [0.15, 0.2) is 18.2 Å². The van der Waals surface area contributed by atoms with Crippen molar-refractivity contribution in [3.8, 4) is 0 Å². The summed E-state index contributed by atoms with van der Waals surface area (Å²) >= 11 is 0. The van der Waals surface area contributed by atoms with Crippen LogP contribution in [0.5, 0.6) is 0 Å². The second-order valence-corrected chi connectivity index (χ2v) is 3.83. The standard InChI is InChI=1S/C11H12N2O3/c1-2-4-8-7-5-3-6-9(13(15)16)10(7)12-11(8)14/h3,5-6,8H,2,4H2,1H3,(H,12,14). The Bertz CT molecular complexity index is 457. The van der Waals surface area contributed by atoms with E-state index >= 15 is 0 Å². The minimum Gasteiger partial charge on any atom is -0.320 e. The van der Waals surface area contributed by atoms with Crippen LogP contribution in [0.25, 0.3) is 0 Å². The summed E-state index contributed by atoms with van der Waals surface area (Å²) in [5.41, 5.74) is 1.10. The van der Waals surface area contributed by atoms with Gasteiger partial charge in [-0.25, -0.2) is 0 Å². The van der Waals surface area contributed by atoms with Gasteiger partial charge in [0.2, 0.25) is 5.91 Å². The largest absolute Gasteiger partial charge is 0.320 e. The molecule has 0 saturated carbocycles. The van der Waals surface area contributed by atoms with Gasteiger partial charge < -0.3 is 5.32 Å². The van der Waals surface area contributed by atoms with E-state index in [1.54, 1.807) is 12.1 Å². The van der Waals surface area contributed by atoms with Crippen molar-refractivity contribution in [1.29, 1.82) is 0 Å². The van der Waals surface area contributed by atoms with E-state index in [1.165, 1.54) is 6.07 Å². The van der Waals surface area contributed by atoms with Crippen molar-refractivity contribution >= 4 is 17.3 Å². The molecule has 1 aliphatic rings. The first-order chi connectivity index (χ1) is 7.65. The van der Waals surface area contributed by atoms with Crippen LogP contribution in [-0.2, 0) is 4.79 Å². The molecule has 5 nitrogen and oxygen atoms in total. The second kappa shape index (κ2) is 3.92. The zero-order valence-electron chi connectivity index (χ0n) is 8.90. The topological polar surface area (TPSA) is 72.2 Å². The van der Waals surface area contributed by atoms with Crippen molar-refractivity contribution in [2.45, 2.75) is 25.7 Å². The molecule has 16 heavy (non-hydrogen) atoms. The fourth-order valence-corrected chi connectivity index (χ4v) is 2.06. The Hall–Kier alpha value is -1.91. The summed E-state index contributed by atoms with van der Waals surface area (Å²) in [5, 5.41) is 13.4. The van der Waals surface area contributed by atoms with Crippen LogP contribution in [0.1, 0.15) is 31.2 Å². The van der Waals surface area contributed by atoms with Crippen LogP contribution >= 0.6 is 0 Å². The van der Waals surface area contributed by atoms with Crippen molar-refractivity contribution in [1.82, 2.24) is 0 Å². The third kappa shape index (κ3) is 1.54. The summed E-state index contributed by atoms with van der Waals surface area (Å²) in [6, 6.07) is 4.81. The van der Waals surface area contributed by atoms with Gasteiger partial charge in [-0.2, -0.15) is 0 Å². The maximum atomic E-state index is 11.7. The van der Waals surface area contributed by atoms with E-state index in [0.717, 1.165) is 18.4 Å². The van der Waals surface area contributed by atoms with Crippen LogP contribution in [0.4, 0.5) is 11.4 Å². The van der Waals surface area contributed by atoms with Crippen LogP contribution in [0.3, 0.4) is 0 Å². The number of nitro groups is 1. The molecule has 5 heteroatoms. The molecular formula is C11H12N2O3. The number of carbonyl (C=O) groups excluding carboxylic acids is 1. The zero-order chi connectivity index (χ0) is 11.7. The number of nitrogens with zero attached hydrogens (tertiary/aromatic N) is 1. The van der Waals surface area contributed by atoms with Crippen molar-refractivity contribution < 1.29 is 9.72 Å². The van der Waals surface area contributed by atoms with Crippen molar-refractivity contribution in [2.24, 2.45) is 0 Å². The molecule has 0 radical (unpaired) electrons. The highest BCUT2D eigenvalue weighted by molar-refractivity contribution is 6.05. The molecule has 0 aliphatic carbocycles. The van der Waals surface area contributed by atoms with E-state index in [1.807, 2.05) is 6.92 Å². The Balaban J connectivity index is 2.48. The Kier molecular flexibility index (Phi) is 2.60. The van der Waals surface area contributed by atoms with Gasteiger partial charge in [-0.1, -0.05) is 25.5 Å². The number of hydrogen-bond acceptors (Lipinski definition) is 3. The zero-order valence-corrected chi connectivity index (χ0v) is 8.90. The summed E-state index contributed by atoms with van der Waals surface area (Å²) < 4.78 is 0. The first-order valence-electron chi connectivity index (χ1n) is 5.23. The summed E-state index contributed by atoms with van der Waals surface area (Å²) in [7, 11) is 0. The average Bonchev–Trinajstić information content (AvgIpc) is 2.56. The maximum absolute atomic E-state index is 11.7. The summed E-state index contributed by atoms with van der Waals surface area (Å²) in [6.07, 6.45) is 1.60. The van der Waals surface area contributed by atoms with Gasteiger partial charge in [0.25, 0.3) is 5.69 Å². The fraction of sp³-hybridized carbons (Fsp3) is 0.364. The van der Waals surface area contributed by atoms with E-state index < -0.39 is 4.92 Å². The molecule has 0 spiro atoms. The molecule has 1 atom stereocenters. The molecule has 0 saturated heterocycles. The van der Waals surface area contributed by atoms with E-state index in [2.05, 4.69) is 5.32 Å². The number of hydrogen-bond donors (Lipinski definition) is 1. The summed E-state index contributed by atoms with van der Waals surface area (Å²) in [5.74, 6) is -0.369. The van der Waals surface area contributed by atoms with Gasteiger partial charge in [0.05, 0.1) is 10.8 Å². The molecule has 1 aliphatic heterocycles. The van der Waals surface area contributed by atoms with Gasteiger partial charge in [0.15, 0.2) is 0 Å². The Morgan fingerprint density at radius 3 is 2.88 bits per heavy atom. The monoisotopic (exact) mass is 220 g/mol. The van der Waals surface area contributed by atoms with Gasteiger partial charge in [0.1, 0.15) is 5.69 Å². The lowest BCUT2D eigenvalue weighted by molar-refractivity contribution is -0.383. The number of anilines is 1. The van der Waals surface area contributed by atoms with Crippen molar-refractivity contribution in [2.75, 3.05) is 5.32 Å². The number of amides is 1. The van der Waals surface area contributed by atoms with Crippen LogP contribution in [0, 0.1) is 10.1 Å². The predicted octanol–water partition coefficient (Wildman–Crippen LogP) is 2.43. The number of fused-ring (bicyclic) bond motifs is 1. The van der Waals surface area contributed by atoms with E-state index in [4.69, 9.17) is 0 Å². The van der Waals surface area contributed by atoms with E-state index in [-0.39, 0.29) is 17.5 Å². The van der Waals surface area contributed by atoms with E-state index in [0.29, 0.717) is 5.69 Å². The molecule has 1 heterocycles. The highest BCUT2D eigenvalue weighted by atomic mass is 16.6. The molecule has 1 N–H and O–H groups in total.